The Labute approximate surface area is 179 Å². The molecule has 0 aliphatic carbocycles. The van der Waals surface area contributed by atoms with E-state index in [1.165, 1.54) is 48.2 Å². The zero-order valence-electron chi connectivity index (χ0n) is 16.7. The molecule has 0 bridgehead atoms. The first-order valence-corrected chi connectivity index (χ1v) is 10.8. The Morgan fingerprint density at radius 3 is 2.32 bits per heavy atom. The van der Waals surface area contributed by atoms with Crippen LogP contribution in [0.15, 0.2) is 71.6 Å². The molecule has 8 nitrogen and oxygen atoms in total. The first-order valence-electron chi connectivity index (χ1n) is 9.34. The molecule has 1 heterocycles. The maximum absolute atomic E-state index is 12.9. The third-order valence-corrected chi connectivity index (χ3v) is 6.10. The molecule has 0 unspecified atom stereocenters. The summed E-state index contributed by atoms with van der Waals surface area (Å²) in [5.74, 6) is 0.299. The van der Waals surface area contributed by atoms with Crippen LogP contribution in [0.25, 0.3) is 0 Å². The zero-order valence-corrected chi connectivity index (χ0v) is 17.6. The Bertz CT molecular complexity index is 1290. The molecule has 0 fully saturated rings. The molecule has 158 valence electrons. The van der Waals surface area contributed by atoms with Gasteiger partial charge in [0.25, 0.3) is 15.9 Å². The average Bonchev–Trinajstić information content (AvgIpc) is 2.83. The number of hydrogen-bond donors (Lipinski definition) is 2. The molecule has 0 spiro atoms. The summed E-state index contributed by atoms with van der Waals surface area (Å²) in [6.45, 7) is 1.37. The molecule has 3 aromatic carbocycles. The number of benzene rings is 3. The Hall–Kier alpha value is -3.85. The van der Waals surface area contributed by atoms with E-state index in [9.17, 15) is 18.0 Å². The van der Waals surface area contributed by atoms with E-state index in [0.29, 0.717) is 22.9 Å². The lowest BCUT2D eigenvalue weighted by Crippen LogP contribution is -2.25. The highest BCUT2D eigenvalue weighted by Gasteiger charge is 2.26. The lowest BCUT2D eigenvalue weighted by Gasteiger charge is -2.16. The summed E-state index contributed by atoms with van der Waals surface area (Å²) < 4.78 is 33.9. The number of rotatable bonds is 4. The Morgan fingerprint density at radius 2 is 1.61 bits per heavy atom. The van der Waals surface area contributed by atoms with Crippen molar-refractivity contribution < 1.29 is 22.7 Å². The number of nitrogens with one attached hydrogen (secondary N) is 2. The summed E-state index contributed by atoms with van der Waals surface area (Å²) in [4.78, 5) is 25.5. The van der Waals surface area contributed by atoms with E-state index in [1.54, 1.807) is 31.3 Å². The van der Waals surface area contributed by atoms with Gasteiger partial charge in [-0.3, -0.25) is 14.3 Å². The van der Waals surface area contributed by atoms with Gasteiger partial charge in [0.15, 0.2) is 5.75 Å². The molecule has 9 heteroatoms. The molecule has 31 heavy (non-hydrogen) atoms. The predicted octanol–water partition coefficient (Wildman–Crippen LogP) is 3.83. The van der Waals surface area contributed by atoms with Crippen molar-refractivity contribution in [2.45, 2.75) is 11.8 Å². The molecule has 0 saturated heterocycles. The van der Waals surface area contributed by atoms with E-state index in [2.05, 4.69) is 10.0 Å². The zero-order chi connectivity index (χ0) is 22.2. The highest BCUT2D eigenvalue weighted by Crippen LogP contribution is 2.39. The summed E-state index contributed by atoms with van der Waals surface area (Å²) in [7, 11) is -2.28. The molecule has 0 radical (unpaired) electrons. The SMILES string of the molecule is CC(=O)Nc1ccc(S(=O)(=O)Nc2ccc3c(c2)C(=O)N(C)c2ccccc2O3)cc1. The van der Waals surface area contributed by atoms with Crippen LogP contribution in [0.3, 0.4) is 0 Å². The highest BCUT2D eigenvalue weighted by molar-refractivity contribution is 7.92. The molecule has 2 N–H and O–H groups in total. The number of fused-ring (bicyclic) bond motifs is 2. The fourth-order valence-corrected chi connectivity index (χ4v) is 4.26. The van der Waals surface area contributed by atoms with E-state index < -0.39 is 10.0 Å². The fourth-order valence-electron chi connectivity index (χ4n) is 3.21. The largest absolute Gasteiger partial charge is 0.454 e. The quantitative estimate of drug-likeness (QED) is 0.646. The van der Waals surface area contributed by atoms with E-state index in [0.717, 1.165) is 0 Å². The average molecular weight is 437 g/mol. The molecule has 1 aliphatic heterocycles. The number of carbonyl (C=O) groups excluding carboxylic acids is 2. The fraction of sp³-hybridized carbons (Fsp3) is 0.0909. The predicted molar refractivity (Wildman–Crippen MR) is 117 cm³/mol. The van der Waals surface area contributed by atoms with Crippen molar-refractivity contribution in [2.24, 2.45) is 0 Å². The lowest BCUT2D eigenvalue weighted by molar-refractivity contribution is -0.114. The van der Waals surface area contributed by atoms with E-state index in [-0.39, 0.29) is 28.0 Å². The summed E-state index contributed by atoms with van der Waals surface area (Å²) in [5, 5.41) is 2.58. The van der Waals surface area contributed by atoms with Crippen molar-refractivity contribution >= 4 is 38.9 Å². The van der Waals surface area contributed by atoms with Crippen molar-refractivity contribution in [1.82, 2.24) is 0 Å². The molecule has 0 aromatic heterocycles. The summed E-state index contributed by atoms with van der Waals surface area (Å²) in [6, 6.07) is 17.4. The minimum Gasteiger partial charge on any atom is -0.454 e. The van der Waals surface area contributed by atoms with Gasteiger partial charge in [-0.1, -0.05) is 12.1 Å². The van der Waals surface area contributed by atoms with Crippen LogP contribution < -0.4 is 19.7 Å². The van der Waals surface area contributed by atoms with Crippen molar-refractivity contribution in [3.05, 3.63) is 72.3 Å². The first kappa shape index (κ1) is 20.4. The maximum atomic E-state index is 12.9. The van der Waals surface area contributed by atoms with Gasteiger partial charge in [-0.15, -0.1) is 0 Å². The van der Waals surface area contributed by atoms with Crippen LogP contribution in [-0.4, -0.2) is 27.3 Å². The Kier molecular flexibility index (Phi) is 5.12. The molecule has 2 amide bonds. The summed E-state index contributed by atoms with van der Waals surface area (Å²) >= 11 is 0. The number of carbonyl (C=O) groups is 2. The second-order valence-electron chi connectivity index (χ2n) is 6.96. The van der Waals surface area contributed by atoms with Crippen LogP contribution in [0.1, 0.15) is 17.3 Å². The molecule has 0 saturated carbocycles. The standard InChI is InChI=1S/C22H19N3O5S/c1-14(26)23-15-7-10-17(11-8-15)31(28,29)24-16-9-12-20-18(13-16)22(27)25(2)19-5-3-4-6-21(19)30-20/h3-13,24H,1-2H3,(H,23,26). The third kappa shape index (κ3) is 4.08. The number of nitrogens with zero attached hydrogens (tertiary/aromatic N) is 1. The highest BCUT2D eigenvalue weighted by atomic mass is 32.2. The number of amides is 2. The lowest BCUT2D eigenvalue weighted by atomic mass is 10.1. The van der Waals surface area contributed by atoms with Gasteiger partial charge in [0.05, 0.1) is 16.1 Å². The molecule has 1 aliphatic rings. The van der Waals surface area contributed by atoms with Gasteiger partial charge < -0.3 is 15.0 Å². The van der Waals surface area contributed by atoms with Crippen LogP contribution in [0.5, 0.6) is 11.5 Å². The second kappa shape index (κ2) is 7.77. The van der Waals surface area contributed by atoms with Gasteiger partial charge >= 0.3 is 0 Å². The Balaban J connectivity index is 1.62. The molecule has 0 atom stereocenters. The van der Waals surface area contributed by atoms with Crippen LogP contribution in [-0.2, 0) is 14.8 Å². The monoisotopic (exact) mass is 437 g/mol. The maximum Gasteiger partial charge on any atom is 0.261 e. The molecular formula is C22H19N3O5S. The van der Waals surface area contributed by atoms with Crippen LogP contribution >= 0.6 is 0 Å². The van der Waals surface area contributed by atoms with E-state index in [1.807, 2.05) is 6.07 Å². The summed E-state index contributed by atoms with van der Waals surface area (Å²) in [6.07, 6.45) is 0. The number of anilines is 3. The smallest absolute Gasteiger partial charge is 0.261 e. The van der Waals surface area contributed by atoms with Crippen LogP contribution in [0.4, 0.5) is 17.1 Å². The first-order chi connectivity index (χ1) is 14.7. The van der Waals surface area contributed by atoms with Crippen molar-refractivity contribution in [3.8, 4) is 11.5 Å². The van der Waals surface area contributed by atoms with E-state index in [4.69, 9.17) is 4.74 Å². The van der Waals surface area contributed by atoms with Crippen molar-refractivity contribution in [3.63, 3.8) is 0 Å². The Morgan fingerprint density at radius 1 is 0.935 bits per heavy atom. The number of hydrogen-bond acceptors (Lipinski definition) is 5. The van der Waals surface area contributed by atoms with Gasteiger partial charge in [0.2, 0.25) is 5.91 Å². The van der Waals surface area contributed by atoms with Crippen LogP contribution in [0, 0.1) is 0 Å². The van der Waals surface area contributed by atoms with Gasteiger partial charge in [0.1, 0.15) is 5.75 Å². The van der Waals surface area contributed by atoms with Crippen molar-refractivity contribution in [1.29, 1.82) is 0 Å². The minimum absolute atomic E-state index is 0.0173. The van der Waals surface area contributed by atoms with Gasteiger partial charge in [-0.2, -0.15) is 0 Å². The molecular weight excluding hydrogens is 418 g/mol. The van der Waals surface area contributed by atoms with Crippen molar-refractivity contribution in [2.75, 3.05) is 22.0 Å². The number of ether oxygens (including phenoxy) is 1. The van der Waals surface area contributed by atoms with Gasteiger partial charge in [-0.05, 0) is 54.6 Å². The third-order valence-electron chi connectivity index (χ3n) is 4.70. The normalized spacial score (nSPS) is 12.8. The van der Waals surface area contributed by atoms with Gasteiger partial charge in [0, 0.05) is 25.3 Å². The van der Waals surface area contributed by atoms with Crippen LogP contribution in [0.2, 0.25) is 0 Å². The number of para-hydroxylation sites is 2. The number of sulfonamides is 1. The summed E-state index contributed by atoms with van der Waals surface area (Å²) in [5.41, 5.74) is 1.56. The van der Waals surface area contributed by atoms with E-state index >= 15 is 0 Å². The molecule has 3 aromatic rings. The van der Waals surface area contributed by atoms with Gasteiger partial charge in [-0.25, -0.2) is 8.42 Å². The topological polar surface area (TPSA) is 105 Å². The second-order valence-corrected chi connectivity index (χ2v) is 8.64. The minimum atomic E-state index is -3.91. The molecule has 4 rings (SSSR count).